The summed E-state index contributed by atoms with van der Waals surface area (Å²) in [6, 6.07) is 14.1. The maximum Gasteiger partial charge on any atom is 0.177 e. The second-order valence-electron chi connectivity index (χ2n) is 4.95. The third-order valence-electron chi connectivity index (χ3n) is 3.61. The first-order valence-electron chi connectivity index (χ1n) is 6.79. The van der Waals surface area contributed by atoms with E-state index in [4.69, 9.17) is 17.0 Å². The van der Waals surface area contributed by atoms with Crippen LogP contribution in [0, 0.1) is 10.6 Å². The number of imidazole rings is 1. The number of rotatable bonds is 3. The van der Waals surface area contributed by atoms with Crippen LogP contribution in [-0.4, -0.2) is 16.7 Å². The average molecular weight is 314 g/mol. The number of halogens is 1. The molecule has 0 atom stereocenters. The summed E-state index contributed by atoms with van der Waals surface area (Å²) < 4.78 is 20.9. The Morgan fingerprint density at radius 1 is 1.00 bits per heavy atom. The summed E-state index contributed by atoms with van der Waals surface area (Å²) in [6.07, 6.45) is 0. The lowest BCUT2D eigenvalue weighted by Gasteiger charge is -2.08. The molecule has 0 spiro atoms. The Labute approximate surface area is 133 Å². The van der Waals surface area contributed by atoms with Gasteiger partial charge in [0, 0.05) is 18.2 Å². The zero-order valence-corrected chi connectivity index (χ0v) is 13.1. The minimum Gasteiger partial charge on any atom is -0.497 e. The van der Waals surface area contributed by atoms with Gasteiger partial charge in [0.1, 0.15) is 11.6 Å². The van der Waals surface area contributed by atoms with Crippen LogP contribution >= 0.6 is 12.2 Å². The van der Waals surface area contributed by atoms with Gasteiger partial charge in [-0.1, -0.05) is 0 Å². The molecular weight excluding hydrogens is 299 g/mol. The number of nitrogens with one attached hydrogen (secondary N) is 1. The summed E-state index contributed by atoms with van der Waals surface area (Å²) in [5.74, 6) is 0.535. The third kappa shape index (κ3) is 2.55. The number of benzene rings is 2. The van der Waals surface area contributed by atoms with Gasteiger partial charge in [0.25, 0.3) is 0 Å². The number of aromatic amines is 1. The van der Waals surface area contributed by atoms with E-state index >= 15 is 0 Å². The number of hydrogen-bond acceptors (Lipinski definition) is 2. The summed E-state index contributed by atoms with van der Waals surface area (Å²) in [6.45, 7) is 0. The van der Waals surface area contributed by atoms with Crippen LogP contribution in [0.2, 0.25) is 0 Å². The average Bonchev–Trinajstić information content (AvgIpc) is 2.84. The molecule has 0 aliphatic rings. The largest absolute Gasteiger partial charge is 0.497 e. The van der Waals surface area contributed by atoms with E-state index < -0.39 is 0 Å². The molecular formula is C17H15FN2OS. The minimum absolute atomic E-state index is 0.258. The van der Waals surface area contributed by atoms with Crippen LogP contribution in [0.1, 0.15) is 0 Å². The fraction of sp³-hybridized carbons (Fsp3) is 0.118. The number of H-pyrrole nitrogens is 1. The van der Waals surface area contributed by atoms with E-state index in [-0.39, 0.29) is 5.82 Å². The zero-order valence-electron chi connectivity index (χ0n) is 12.3. The standard InChI is InChI=1S/C17H15FN2OS/c1-20-16(12-3-7-13(18)8-4-12)15(19-17(20)22)11-5-9-14(21-2)10-6-11/h3-10H,1-2H3,(H,19,22). The molecule has 1 N–H and O–H groups in total. The molecule has 0 bridgehead atoms. The number of hydrogen-bond donors (Lipinski definition) is 1. The van der Waals surface area contributed by atoms with Gasteiger partial charge in [0.15, 0.2) is 4.77 Å². The van der Waals surface area contributed by atoms with Crippen molar-refractivity contribution >= 4 is 12.2 Å². The second kappa shape index (κ2) is 5.77. The number of ether oxygens (including phenoxy) is 1. The predicted octanol–water partition coefficient (Wildman–Crippen LogP) is 4.56. The highest BCUT2D eigenvalue weighted by Gasteiger charge is 2.14. The number of aromatic nitrogens is 2. The molecule has 0 amide bonds. The van der Waals surface area contributed by atoms with Crippen LogP contribution in [0.5, 0.6) is 5.75 Å². The lowest BCUT2D eigenvalue weighted by atomic mass is 10.0. The molecule has 2 aromatic carbocycles. The summed E-state index contributed by atoms with van der Waals surface area (Å²) in [7, 11) is 3.53. The smallest absolute Gasteiger partial charge is 0.177 e. The van der Waals surface area contributed by atoms with E-state index in [2.05, 4.69) is 4.98 Å². The van der Waals surface area contributed by atoms with Crippen LogP contribution in [0.15, 0.2) is 48.5 Å². The molecule has 0 saturated heterocycles. The van der Waals surface area contributed by atoms with Gasteiger partial charge in [-0.05, 0) is 60.7 Å². The van der Waals surface area contributed by atoms with Gasteiger partial charge in [-0.15, -0.1) is 0 Å². The monoisotopic (exact) mass is 314 g/mol. The normalized spacial score (nSPS) is 10.7. The van der Waals surface area contributed by atoms with Crippen LogP contribution < -0.4 is 4.74 Å². The maximum absolute atomic E-state index is 13.2. The Balaban J connectivity index is 2.17. The SMILES string of the molecule is COc1ccc(-c2[nH]c(=S)n(C)c2-c2ccc(F)cc2)cc1. The summed E-state index contributed by atoms with van der Waals surface area (Å²) in [4.78, 5) is 3.22. The molecule has 112 valence electrons. The van der Waals surface area contributed by atoms with Crippen molar-refractivity contribution in [1.82, 2.24) is 9.55 Å². The molecule has 0 fully saturated rings. The Morgan fingerprint density at radius 2 is 1.59 bits per heavy atom. The minimum atomic E-state index is -0.258. The molecule has 1 heterocycles. The van der Waals surface area contributed by atoms with E-state index in [9.17, 15) is 4.39 Å². The fourth-order valence-electron chi connectivity index (χ4n) is 2.43. The quantitative estimate of drug-likeness (QED) is 0.718. The van der Waals surface area contributed by atoms with Crippen molar-refractivity contribution in [2.75, 3.05) is 7.11 Å². The Hall–Kier alpha value is -2.40. The van der Waals surface area contributed by atoms with Crippen molar-refractivity contribution in [3.8, 4) is 28.3 Å². The highest BCUT2D eigenvalue weighted by molar-refractivity contribution is 7.71. The molecule has 3 aromatic rings. The molecule has 0 unspecified atom stereocenters. The van der Waals surface area contributed by atoms with Crippen LogP contribution in [0.3, 0.4) is 0 Å². The highest BCUT2D eigenvalue weighted by atomic mass is 32.1. The molecule has 22 heavy (non-hydrogen) atoms. The van der Waals surface area contributed by atoms with Crippen molar-refractivity contribution < 1.29 is 9.13 Å². The lowest BCUT2D eigenvalue weighted by Crippen LogP contribution is -1.93. The Morgan fingerprint density at radius 3 is 2.18 bits per heavy atom. The first-order chi connectivity index (χ1) is 10.6. The molecule has 0 aliphatic heterocycles. The van der Waals surface area contributed by atoms with E-state index in [1.165, 1.54) is 12.1 Å². The number of nitrogens with zero attached hydrogens (tertiary/aromatic N) is 1. The third-order valence-corrected chi connectivity index (χ3v) is 3.98. The molecule has 5 heteroatoms. The van der Waals surface area contributed by atoms with Gasteiger partial charge in [-0.2, -0.15) is 0 Å². The maximum atomic E-state index is 13.2. The molecule has 0 aliphatic carbocycles. The molecule has 3 nitrogen and oxygen atoms in total. The molecule has 0 saturated carbocycles. The van der Waals surface area contributed by atoms with E-state index in [0.29, 0.717) is 4.77 Å². The van der Waals surface area contributed by atoms with Crippen LogP contribution in [0.25, 0.3) is 22.5 Å². The second-order valence-corrected chi connectivity index (χ2v) is 5.33. The van der Waals surface area contributed by atoms with E-state index in [1.807, 2.05) is 35.9 Å². The van der Waals surface area contributed by atoms with E-state index in [0.717, 1.165) is 28.3 Å². The fourth-order valence-corrected chi connectivity index (χ4v) is 2.62. The van der Waals surface area contributed by atoms with Crippen molar-refractivity contribution in [2.45, 2.75) is 0 Å². The number of methoxy groups -OCH3 is 1. The van der Waals surface area contributed by atoms with Gasteiger partial charge in [-0.3, -0.25) is 0 Å². The van der Waals surface area contributed by atoms with Crippen molar-refractivity contribution in [2.24, 2.45) is 7.05 Å². The predicted molar refractivity (Wildman–Crippen MR) is 88.0 cm³/mol. The first-order valence-corrected chi connectivity index (χ1v) is 7.20. The van der Waals surface area contributed by atoms with Gasteiger partial charge in [-0.25, -0.2) is 4.39 Å². The van der Waals surface area contributed by atoms with Crippen molar-refractivity contribution in [1.29, 1.82) is 0 Å². The highest BCUT2D eigenvalue weighted by Crippen LogP contribution is 2.32. The topological polar surface area (TPSA) is 29.9 Å². The van der Waals surface area contributed by atoms with Crippen molar-refractivity contribution in [3.05, 3.63) is 59.1 Å². The van der Waals surface area contributed by atoms with Crippen LogP contribution in [0.4, 0.5) is 4.39 Å². The summed E-state index contributed by atoms with van der Waals surface area (Å²) >= 11 is 5.34. The Kier molecular flexibility index (Phi) is 3.81. The van der Waals surface area contributed by atoms with Gasteiger partial charge < -0.3 is 14.3 Å². The van der Waals surface area contributed by atoms with Gasteiger partial charge in [0.05, 0.1) is 18.5 Å². The molecule has 1 aromatic heterocycles. The van der Waals surface area contributed by atoms with Crippen molar-refractivity contribution in [3.63, 3.8) is 0 Å². The van der Waals surface area contributed by atoms with Crippen LogP contribution in [-0.2, 0) is 7.05 Å². The van der Waals surface area contributed by atoms with Gasteiger partial charge in [0.2, 0.25) is 0 Å². The van der Waals surface area contributed by atoms with E-state index in [1.54, 1.807) is 19.2 Å². The Bertz CT molecular complexity index is 848. The lowest BCUT2D eigenvalue weighted by molar-refractivity contribution is 0.415. The molecule has 3 rings (SSSR count). The summed E-state index contributed by atoms with van der Waals surface area (Å²) in [5, 5.41) is 0. The summed E-state index contributed by atoms with van der Waals surface area (Å²) in [5.41, 5.74) is 3.73. The van der Waals surface area contributed by atoms with Gasteiger partial charge >= 0.3 is 0 Å². The zero-order chi connectivity index (χ0) is 15.7. The first kappa shape index (κ1) is 14.5. The molecule has 0 radical (unpaired) electrons.